The second-order valence-corrected chi connectivity index (χ2v) is 6.48. The highest BCUT2D eigenvalue weighted by Gasteiger charge is 2.24. The first-order chi connectivity index (χ1) is 11.6. The number of carbonyl (C=O) groups excluding carboxylic acids is 1. The number of carbonyl (C=O) groups is 1. The van der Waals surface area contributed by atoms with Crippen LogP contribution < -0.4 is 5.32 Å². The molecule has 0 radical (unpaired) electrons. The molecule has 0 spiro atoms. The van der Waals surface area contributed by atoms with Gasteiger partial charge in [-0.05, 0) is 37.3 Å². The average Bonchev–Trinajstić information content (AvgIpc) is 2.63. The van der Waals surface area contributed by atoms with E-state index < -0.39 is 0 Å². The summed E-state index contributed by atoms with van der Waals surface area (Å²) in [5.41, 5.74) is 3.43. The van der Waals surface area contributed by atoms with Crippen molar-refractivity contribution in [1.29, 1.82) is 5.26 Å². The maximum atomic E-state index is 12.6. The number of amides is 1. The lowest BCUT2D eigenvalue weighted by Crippen LogP contribution is -2.39. The van der Waals surface area contributed by atoms with E-state index in [-0.39, 0.29) is 17.5 Å². The molecule has 1 amide bonds. The fraction of sp³-hybridized carbons (Fsp3) is 0.500. The van der Waals surface area contributed by atoms with E-state index in [0.29, 0.717) is 0 Å². The van der Waals surface area contributed by atoms with E-state index in [1.165, 1.54) is 12.0 Å². The standard InChI is InChI=1S/C20H27N3O/c1-4-16-10-8-9-15(2)19(16)22-14-17(13-21)20(24)23(3)18-11-6-5-7-12-18/h8-10,14,18,22H,4-7,11-12H2,1-3H3/b17-14-. The Morgan fingerprint density at radius 1 is 1.38 bits per heavy atom. The highest BCUT2D eigenvalue weighted by molar-refractivity contribution is 5.97. The highest BCUT2D eigenvalue weighted by Crippen LogP contribution is 2.24. The van der Waals surface area contributed by atoms with E-state index in [2.05, 4.69) is 24.4 Å². The molecule has 4 nitrogen and oxygen atoms in total. The van der Waals surface area contributed by atoms with Gasteiger partial charge in [-0.2, -0.15) is 5.26 Å². The van der Waals surface area contributed by atoms with Gasteiger partial charge in [0.05, 0.1) is 0 Å². The summed E-state index contributed by atoms with van der Waals surface area (Å²) >= 11 is 0. The Kier molecular flexibility index (Phi) is 6.43. The molecule has 0 bridgehead atoms. The van der Waals surface area contributed by atoms with Gasteiger partial charge < -0.3 is 10.2 Å². The van der Waals surface area contributed by atoms with Gasteiger partial charge in [-0.15, -0.1) is 0 Å². The Bertz CT molecular complexity index is 651. The number of anilines is 1. The van der Waals surface area contributed by atoms with Crippen LogP contribution in [0.5, 0.6) is 0 Å². The average molecular weight is 325 g/mol. The maximum absolute atomic E-state index is 12.6. The molecule has 1 fully saturated rings. The zero-order valence-corrected chi connectivity index (χ0v) is 14.9. The summed E-state index contributed by atoms with van der Waals surface area (Å²) in [5, 5.41) is 12.6. The normalized spacial score (nSPS) is 15.7. The molecule has 2 rings (SSSR count). The van der Waals surface area contributed by atoms with Crippen LogP contribution in [0.25, 0.3) is 0 Å². The fourth-order valence-corrected chi connectivity index (χ4v) is 3.34. The number of rotatable bonds is 5. The number of hydrogen-bond donors (Lipinski definition) is 1. The number of nitrogens with zero attached hydrogens (tertiary/aromatic N) is 2. The van der Waals surface area contributed by atoms with Crippen LogP contribution in [0.4, 0.5) is 5.69 Å². The molecule has 1 aromatic rings. The monoisotopic (exact) mass is 325 g/mol. The Morgan fingerprint density at radius 3 is 2.71 bits per heavy atom. The van der Waals surface area contributed by atoms with Crippen LogP contribution in [0.1, 0.15) is 50.2 Å². The number of nitrogens with one attached hydrogen (secondary N) is 1. The number of likely N-dealkylation sites (N-methyl/N-ethyl adjacent to an activating group) is 1. The van der Waals surface area contributed by atoms with Crippen molar-refractivity contribution >= 4 is 11.6 Å². The van der Waals surface area contributed by atoms with E-state index in [1.54, 1.807) is 11.1 Å². The van der Waals surface area contributed by atoms with Crippen molar-refractivity contribution in [1.82, 2.24) is 4.90 Å². The van der Waals surface area contributed by atoms with Crippen LogP contribution in [0.2, 0.25) is 0 Å². The molecule has 0 aliphatic heterocycles. The molecule has 1 N–H and O–H groups in total. The summed E-state index contributed by atoms with van der Waals surface area (Å²) in [6.07, 6.45) is 8.09. The van der Waals surface area contributed by atoms with E-state index >= 15 is 0 Å². The Hall–Kier alpha value is -2.28. The van der Waals surface area contributed by atoms with Gasteiger partial charge in [0.15, 0.2) is 0 Å². The van der Waals surface area contributed by atoms with Gasteiger partial charge in [0.25, 0.3) is 5.91 Å². The van der Waals surface area contributed by atoms with Crippen LogP contribution in [-0.4, -0.2) is 23.9 Å². The molecular weight excluding hydrogens is 298 g/mol. The van der Waals surface area contributed by atoms with Crippen LogP contribution in [0.3, 0.4) is 0 Å². The molecule has 4 heteroatoms. The lowest BCUT2D eigenvalue weighted by Gasteiger charge is -2.31. The predicted molar refractivity (Wildman–Crippen MR) is 97.5 cm³/mol. The van der Waals surface area contributed by atoms with Crippen LogP contribution >= 0.6 is 0 Å². The topological polar surface area (TPSA) is 56.1 Å². The van der Waals surface area contributed by atoms with E-state index in [0.717, 1.165) is 43.4 Å². The van der Waals surface area contributed by atoms with E-state index in [4.69, 9.17) is 0 Å². The summed E-state index contributed by atoms with van der Waals surface area (Å²) in [4.78, 5) is 14.4. The molecule has 0 atom stereocenters. The number of benzene rings is 1. The predicted octanol–water partition coefficient (Wildman–Crippen LogP) is 4.17. The molecule has 0 heterocycles. The summed E-state index contributed by atoms with van der Waals surface area (Å²) in [6, 6.07) is 8.42. The lowest BCUT2D eigenvalue weighted by atomic mass is 9.94. The number of hydrogen-bond acceptors (Lipinski definition) is 3. The quantitative estimate of drug-likeness (QED) is 0.653. The first-order valence-corrected chi connectivity index (χ1v) is 8.81. The molecule has 1 saturated carbocycles. The Morgan fingerprint density at radius 2 is 2.08 bits per heavy atom. The van der Waals surface area contributed by atoms with Gasteiger partial charge in [-0.25, -0.2) is 0 Å². The molecule has 0 unspecified atom stereocenters. The van der Waals surface area contributed by atoms with Crippen molar-refractivity contribution < 1.29 is 4.79 Å². The number of nitriles is 1. The fourth-order valence-electron chi connectivity index (χ4n) is 3.34. The van der Waals surface area contributed by atoms with E-state index in [9.17, 15) is 10.1 Å². The zero-order valence-electron chi connectivity index (χ0n) is 14.9. The third-order valence-corrected chi connectivity index (χ3v) is 4.89. The lowest BCUT2D eigenvalue weighted by molar-refractivity contribution is -0.128. The van der Waals surface area contributed by atoms with Gasteiger partial charge in [0, 0.05) is 25.0 Å². The SMILES string of the molecule is CCc1cccc(C)c1N/C=C(/C#N)C(=O)N(C)C1CCCCC1. The van der Waals surface area contributed by atoms with Crippen molar-refractivity contribution in [3.8, 4) is 6.07 Å². The van der Waals surface area contributed by atoms with Crippen molar-refractivity contribution in [3.05, 3.63) is 41.1 Å². The van der Waals surface area contributed by atoms with E-state index in [1.807, 2.05) is 26.1 Å². The minimum Gasteiger partial charge on any atom is -0.360 e. The molecule has 128 valence electrons. The Balaban J connectivity index is 2.14. The van der Waals surface area contributed by atoms with Crippen molar-refractivity contribution in [2.75, 3.05) is 12.4 Å². The maximum Gasteiger partial charge on any atom is 0.266 e. The third kappa shape index (κ3) is 4.17. The minimum absolute atomic E-state index is 0.161. The molecule has 1 aliphatic rings. The first kappa shape index (κ1) is 18.1. The van der Waals surface area contributed by atoms with Gasteiger partial charge in [0.2, 0.25) is 0 Å². The third-order valence-electron chi connectivity index (χ3n) is 4.89. The molecule has 1 aliphatic carbocycles. The molecule has 0 aromatic heterocycles. The van der Waals surface area contributed by atoms with Crippen molar-refractivity contribution in [2.45, 2.75) is 58.4 Å². The van der Waals surface area contributed by atoms with Gasteiger partial charge in [-0.3, -0.25) is 4.79 Å². The summed E-state index contributed by atoms with van der Waals surface area (Å²) in [5.74, 6) is -0.191. The zero-order chi connectivity index (χ0) is 17.5. The molecule has 1 aromatic carbocycles. The number of para-hydroxylation sites is 1. The first-order valence-electron chi connectivity index (χ1n) is 8.81. The molecule has 0 saturated heterocycles. The van der Waals surface area contributed by atoms with Crippen molar-refractivity contribution in [3.63, 3.8) is 0 Å². The molecule has 24 heavy (non-hydrogen) atoms. The summed E-state index contributed by atoms with van der Waals surface area (Å²) in [7, 11) is 1.81. The Labute approximate surface area is 145 Å². The highest BCUT2D eigenvalue weighted by atomic mass is 16.2. The van der Waals surface area contributed by atoms with Crippen LogP contribution in [-0.2, 0) is 11.2 Å². The van der Waals surface area contributed by atoms with Crippen molar-refractivity contribution in [2.24, 2.45) is 0 Å². The number of aryl methyl sites for hydroxylation is 2. The minimum atomic E-state index is -0.191. The second kappa shape index (κ2) is 8.54. The largest absolute Gasteiger partial charge is 0.360 e. The molecular formula is C20H27N3O. The summed E-state index contributed by atoms with van der Waals surface area (Å²) < 4.78 is 0. The smallest absolute Gasteiger partial charge is 0.266 e. The van der Waals surface area contributed by atoms with Gasteiger partial charge in [-0.1, -0.05) is 44.4 Å². The van der Waals surface area contributed by atoms with Gasteiger partial charge in [0.1, 0.15) is 11.6 Å². The van der Waals surface area contributed by atoms with Crippen LogP contribution in [0, 0.1) is 18.3 Å². The van der Waals surface area contributed by atoms with Crippen LogP contribution in [0.15, 0.2) is 30.0 Å². The van der Waals surface area contributed by atoms with Gasteiger partial charge >= 0.3 is 0 Å². The second-order valence-electron chi connectivity index (χ2n) is 6.48. The summed E-state index contributed by atoms with van der Waals surface area (Å²) in [6.45, 7) is 4.12.